The molecule has 0 bridgehead atoms. The largest absolute Gasteiger partial charge is 0.444 e. The summed E-state index contributed by atoms with van der Waals surface area (Å²) >= 11 is 0. The monoisotopic (exact) mass is 447 g/mol. The van der Waals surface area contributed by atoms with Crippen molar-refractivity contribution >= 4 is 12.2 Å². The fourth-order valence-corrected chi connectivity index (χ4v) is 4.06. The van der Waals surface area contributed by atoms with Crippen LogP contribution in [0.25, 0.3) is 0 Å². The minimum absolute atomic E-state index is 0.0238. The van der Waals surface area contributed by atoms with Crippen LogP contribution in [0.1, 0.15) is 32.3 Å². The number of ether oxygens (including phenoxy) is 6. The van der Waals surface area contributed by atoms with Crippen LogP contribution in [-0.2, 0) is 35.0 Å². The highest BCUT2D eigenvalue weighted by Gasteiger charge is 2.61. The van der Waals surface area contributed by atoms with Crippen molar-refractivity contribution in [2.45, 2.75) is 69.7 Å². The number of hydrogen-bond acceptors (Lipinski definition) is 8. The highest BCUT2D eigenvalue weighted by atomic mass is 16.8. The Kier molecular flexibility index (Phi) is 6.80. The lowest BCUT2D eigenvalue weighted by molar-refractivity contribution is -0.365. The number of rotatable bonds is 7. The van der Waals surface area contributed by atoms with Gasteiger partial charge in [-0.2, -0.15) is 4.90 Å². The predicted molar refractivity (Wildman–Crippen MR) is 111 cm³/mol. The summed E-state index contributed by atoms with van der Waals surface area (Å²) in [6.07, 6.45) is -1.10. The van der Waals surface area contributed by atoms with Crippen LogP contribution in [0.5, 0.6) is 0 Å². The van der Waals surface area contributed by atoms with Crippen molar-refractivity contribution < 1.29 is 38.0 Å². The first-order chi connectivity index (χ1) is 15.4. The van der Waals surface area contributed by atoms with Gasteiger partial charge in [0.25, 0.3) is 0 Å². The topological polar surface area (TPSA) is 92.8 Å². The molecule has 3 saturated heterocycles. The van der Waals surface area contributed by atoms with E-state index in [1.165, 1.54) is 0 Å². The molecule has 2 amide bonds. The Morgan fingerprint density at radius 1 is 1.28 bits per heavy atom. The first-order valence-electron chi connectivity index (χ1n) is 10.8. The molecular weight excluding hydrogens is 418 g/mol. The van der Waals surface area contributed by atoms with Gasteiger partial charge < -0.3 is 28.4 Å². The van der Waals surface area contributed by atoms with Gasteiger partial charge in [0.05, 0.1) is 13.2 Å². The van der Waals surface area contributed by atoms with E-state index in [0.29, 0.717) is 6.61 Å². The molecule has 174 valence electrons. The van der Waals surface area contributed by atoms with Gasteiger partial charge >= 0.3 is 12.2 Å². The van der Waals surface area contributed by atoms with E-state index in [4.69, 9.17) is 28.4 Å². The Hall–Kier alpha value is -2.46. The molecule has 0 spiro atoms. The summed E-state index contributed by atoms with van der Waals surface area (Å²) in [7, 11) is 0. The average Bonchev–Trinajstić information content (AvgIpc) is 3.13. The average molecular weight is 447 g/mol. The van der Waals surface area contributed by atoms with E-state index in [0.717, 1.165) is 23.3 Å². The maximum Gasteiger partial charge on any atom is 0.420 e. The Morgan fingerprint density at radius 3 is 2.81 bits per heavy atom. The molecule has 0 saturated carbocycles. The molecule has 1 aromatic carbocycles. The number of fused-ring (bicyclic) bond motifs is 3. The van der Waals surface area contributed by atoms with Crippen molar-refractivity contribution in [1.29, 1.82) is 0 Å². The second kappa shape index (κ2) is 9.58. The van der Waals surface area contributed by atoms with Gasteiger partial charge in [-0.25, -0.2) is 9.59 Å². The van der Waals surface area contributed by atoms with E-state index in [1.54, 1.807) is 19.9 Å². The maximum atomic E-state index is 12.9. The molecule has 0 N–H and O–H groups in total. The molecule has 0 aromatic heterocycles. The second-order valence-electron chi connectivity index (χ2n) is 8.39. The molecule has 9 nitrogen and oxygen atoms in total. The fourth-order valence-electron chi connectivity index (χ4n) is 4.06. The summed E-state index contributed by atoms with van der Waals surface area (Å²) in [4.78, 5) is 26.6. The van der Waals surface area contributed by atoms with Crippen LogP contribution in [0, 0.1) is 0 Å². The van der Waals surface area contributed by atoms with Gasteiger partial charge in [-0.1, -0.05) is 36.4 Å². The van der Waals surface area contributed by atoms with Crippen molar-refractivity contribution in [2.75, 3.05) is 13.2 Å². The van der Waals surface area contributed by atoms with Crippen molar-refractivity contribution in [3.8, 4) is 0 Å². The molecule has 4 rings (SSSR count). The molecule has 0 aliphatic carbocycles. The Balaban J connectivity index is 1.52. The Labute approximate surface area is 187 Å². The Morgan fingerprint density at radius 2 is 2.06 bits per heavy atom. The number of unbranched alkanes of at least 4 members (excludes halogenated alkanes) is 1. The van der Waals surface area contributed by atoms with E-state index >= 15 is 0 Å². The maximum absolute atomic E-state index is 12.9. The summed E-state index contributed by atoms with van der Waals surface area (Å²) < 4.78 is 34.7. The molecule has 0 radical (unpaired) electrons. The SMILES string of the molecule is C=CCCCOC1O[C@@H]2COC(C)(C)O[C@H]2[C@@H]2OC(=O)N(C(=O)OCc3ccccc3)[C@H]12. The molecule has 1 unspecified atom stereocenters. The Bertz CT molecular complexity index is 829. The zero-order valence-electron chi connectivity index (χ0n) is 18.3. The van der Waals surface area contributed by atoms with E-state index < -0.39 is 48.6 Å². The molecule has 1 aromatic rings. The minimum atomic E-state index is -0.893. The number of allylic oxidation sites excluding steroid dienone is 1. The third-order valence-electron chi connectivity index (χ3n) is 5.60. The summed E-state index contributed by atoms with van der Waals surface area (Å²) in [5, 5.41) is 0. The standard InChI is InChI=1S/C23H29NO8/c1-4-5-9-12-27-20-17-19(18-16(30-20)14-29-23(2,3)32-18)31-22(26)24(17)21(25)28-13-15-10-7-6-8-11-15/h4,6-8,10-11,16-20H,1,5,9,12-14H2,2-3H3/t16-,17+,18-,19-,20?/m1/s1. The quantitative estimate of drug-likeness (QED) is 0.464. The number of carbonyl (C=O) groups excluding carboxylic acids is 2. The van der Waals surface area contributed by atoms with E-state index in [2.05, 4.69) is 6.58 Å². The summed E-state index contributed by atoms with van der Waals surface area (Å²) in [6, 6.07) is 8.37. The number of carbonyl (C=O) groups is 2. The van der Waals surface area contributed by atoms with Gasteiger partial charge in [0.2, 0.25) is 0 Å². The first kappa shape index (κ1) is 22.7. The third-order valence-corrected chi connectivity index (χ3v) is 5.60. The predicted octanol–water partition coefficient (Wildman–Crippen LogP) is 3.37. The van der Waals surface area contributed by atoms with Crippen LogP contribution < -0.4 is 0 Å². The van der Waals surface area contributed by atoms with Gasteiger partial charge in [-0.15, -0.1) is 6.58 Å². The van der Waals surface area contributed by atoms with Crippen LogP contribution in [-0.4, -0.2) is 66.7 Å². The normalized spacial score (nSPS) is 30.8. The molecule has 3 heterocycles. The number of benzene rings is 1. The third kappa shape index (κ3) is 4.80. The summed E-state index contributed by atoms with van der Waals surface area (Å²) in [5.41, 5.74) is 0.802. The van der Waals surface area contributed by atoms with Gasteiger partial charge in [0.15, 0.2) is 18.2 Å². The van der Waals surface area contributed by atoms with Gasteiger partial charge in [-0.3, -0.25) is 0 Å². The first-order valence-corrected chi connectivity index (χ1v) is 10.8. The van der Waals surface area contributed by atoms with E-state index in [1.807, 2.05) is 30.3 Å². The van der Waals surface area contributed by atoms with E-state index in [9.17, 15) is 9.59 Å². The lowest BCUT2D eigenvalue weighted by Gasteiger charge is -2.48. The fraction of sp³-hybridized carbons (Fsp3) is 0.565. The smallest absolute Gasteiger partial charge is 0.420 e. The molecule has 3 aliphatic rings. The number of imide groups is 1. The van der Waals surface area contributed by atoms with Gasteiger partial charge in [0, 0.05) is 0 Å². The summed E-state index contributed by atoms with van der Waals surface area (Å²) in [6.45, 7) is 7.90. The molecule has 3 aliphatic heterocycles. The molecule has 32 heavy (non-hydrogen) atoms. The van der Waals surface area contributed by atoms with Crippen LogP contribution in [0.15, 0.2) is 43.0 Å². The zero-order valence-corrected chi connectivity index (χ0v) is 18.3. The molecule has 9 heteroatoms. The highest BCUT2D eigenvalue weighted by molar-refractivity contribution is 5.90. The highest BCUT2D eigenvalue weighted by Crippen LogP contribution is 2.39. The van der Waals surface area contributed by atoms with Crippen LogP contribution in [0.3, 0.4) is 0 Å². The van der Waals surface area contributed by atoms with Gasteiger partial charge in [0.1, 0.15) is 24.9 Å². The van der Waals surface area contributed by atoms with E-state index in [-0.39, 0.29) is 13.2 Å². The zero-order chi connectivity index (χ0) is 22.7. The summed E-state index contributed by atoms with van der Waals surface area (Å²) in [5.74, 6) is -0.875. The van der Waals surface area contributed by atoms with Crippen LogP contribution in [0.2, 0.25) is 0 Å². The van der Waals surface area contributed by atoms with Crippen LogP contribution in [0.4, 0.5) is 9.59 Å². The molecule has 3 fully saturated rings. The lowest BCUT2D eigenvalue weighted by Crippen LogP contribution is -2.66. The van der Waals surface area contributed by atoms with Crippen LogP contribution >= 0.6 is 0 Å². The number of hydrogen-bond donors (Lipinski definition) is 0. The molecule has 5 atom stereocenters. The van der Waals surface area contributed by atoms with Crippen molar-refractivity contribution in [2.24, 2.45) is 0 Å². The number of amides is 2. The second-order valence-corrected chi connectivity index (χ2v) is 8.39. The van der Waals surface area contributed by atoms with Crippen molar-refractivity contribution in [3.05, 3.63) is 48.6 Å². The lowest BCUT2D eigenvalue weighted by atomic mass is 9.95. The minimum Gasteiger partial charge on any atom is -0.444 e. The van der Waals surface area contributed by atoms with Gasteiger partial charge in [-0.05, 0) is 32.3 Å². The number of nitrogens with zero attached hydrogens (tertiary/aromatic N) is 1. The molecular formula is C23H29NO8. The van der Waals surface area contributed by atoms with Crippen molar-refractivity contribution in [1.82, 2.24) is 4.90 Å². The van der Waals surface area contributed by atoms with Crippen molar-refractivity contribution in [3.63, 3.8) is 0 Å².